The maximum Gasteiger partial charge on any atom is 0.256 e. The predicted octanol–water partition coefficient (Wildman–Crippen LogP) is 1.93. The minimum atomic E-state index is -0.296. The second-order valence-electron chi connectivity index (χ2n) is 5.59. The largest absolute Gasteiger partial charge is 0.357 e. The van der Waals surface area contributed by atoms with E-state index in [1.54, 1.807) is 18.3 Å². The maximum absolute atomic E-state index is 12.1. The Morgan fingerprint density at radius 2 is 1.95 bits per heavy atom. The van der Waals surface area contributed by atoms with Crippen molar-refractivity contribution in [2.75, 3.05) is 23.3 Å². The van der Waals surface area contributed by atoms with E-state index in [2.05, 4.69) is 25.5 Å². The van der Waals surface area contributed by atoms with E-state index >= 15 is 0 Å². The topological polar surface area (TPSA) is 70.2 Å². The molecule has 112 valence electrons. The third-order valence-corrected chi connectivity index (χ3v) is 4.14. The van der Waals surface area contributed by atoms with Crippen molar-refractivity contribution < 1.29 is 4.79 Å². The first-order valence-electron chi connectivity index (χ1n) is 7.54. The molecule has 6 heteroatoms. The average molecular weight is 295 g/mol. The van der Waals surface area contributed by atoms with E-state index in [-0.39, 0.29) is 12.1 Å². The first-order chi connectivity index (χ1) is 10.8. The van der Waals surface area contributed by atoms with Crippen molar-refractivity contribution >= 4 is 17.5 Å². The molecule has 2 aliphatic rings. The predicted molar refractivity (Wildman–Crippen MR) is 83.8 cm³/mol. The quantitative estimate of drug-likeness (QED) is 0.886. The number of pyridine rings is 2. The lowest BCUT2D eigenvalue weighted by Crippen LogP contribution is -2.38. The van der Waals surface area contributed by atoms with Crippen LogP contribution in [-0.2, 0) is 0 Å². The monoisotopic (exact) mass is 295 g/mol. The normalized spacial score (nSPS) is 20.3. The standard InChI is InChI=1S/C16H17N5O/c22-16-12-4-3-7-17-15(12)19-14(20-16)11-5-6-13(18-10-11)21-8-1-2-9-21/h3-7,10,14H,1-2,8-9H2,(H,17,19)(H,20,22)/t14-/m0/s1. The van der Waals surface area contributed by atoms with Crippen LogP contribution in [0.5, 0.6) is 0 Å². The summed E-state index contributed by atoms with van der Waals surface area (Å²) < 4.78 is 0. The Balaban J connectivity index is 1.56. The van der Waals surface area contributed by atoms with Crippen molar-refractivity contribution in [3.63, 3.8) is 0 Å². The van der Waals surface area contributed by atoms with Crippen molar-refractivity contribution in [3.8, 4) is 0 Å². The number of amides is 1. The van der Waals surface area contributed by atoms with Crippen LogP contribution in [0.25, 0.3) is 0 Å². The molecule has 0 aliphatic carbocycles. The molecule has 4 rings (SSSR count). The molecule has 2 aromatic rings. The molecule has 2 N–H and O–H groups in total. The Morgan fingerprint density at radius 3 is 2.73 bits per heavy atom. The van der Waals surface area contributed by atoms with E-state index in [9.17, 15) is 4.79 Å². The Morgan fingerprint density at radius 1 is 1.09 bits per heavy atom. The van der Waals surface area contributed by atoms with E-state index in [1.807, 2.05) is 18.3 Å². The lowest BCUT2D eigenvalue weighted by Gasteiger charge is -2.27. The van der Waals surface area contributed by atoms with E-state index < -0.39 is 0 Å². The van der Waals surface area contributed by atoms with Gasteiger partial charge in [0.05, 0.1) is 5.56 Å². The third kappa shape index (κ3) is 2.26. The van der Waals surface area contributed by atoms with E-state index in [4.69, 9.17) is 0 Å². The lowest BCUT2D eigenvalue weighted by atomic mass is 10.1. The number of fused-ring (bicyclic) bond motifs is 1. The molecular formula is C16H17N5O. The molecule has 4 heterocycles. The van der Waals surface area contributed by atoms with Crippen molar-refractivity contribution in [1.29, 1.82) is 0 Å². The van der Waals surface area contributed by atoms with Gasteiger partial charge in [-0.2, -0.15) is 0 Å². The van der Waals surface area contributed by atoms with E-state index in [1.165, 1.54) is 12.8 Å². The van der Waals surface area contributed by atoms with Crippen LogP contribution in [0, 0.1) is 0 Å². The van der Waals surface area contributed by atoms with Crippen LogP contribution >= 0.6 is 0 Å². The van der Waals surface area contributed by atoms with Crippen LogP contribution in [0.1, 0.15) is 34.9 Å². The van der Waals surface area contributed by atoms with Crippen LogP contribution in [0.4, 0.5) is 11.6 Å². The third-order valence-electron chi connectivity index (χ3n) is 4.14. The van der Waals surface area contributed by atoms with Gasteiger partial charge in [-0.25, -0.2) is 9.97 Å². The molecule has 22 heavy (non-hydrogen) atoms. The number of hydrogen-bond donors (Lipinski definition) is 2. The van der Waals surface area contributed by atoms with Crippen molar-refractivity contribution in [1.82, 2.24) is 15.3 Å². The summed E-state index contributed by atoms with van der Waals surface area (Å²) in [6, 6.07) is 7.54. The number of aromatic nitrogens is 2. The van der Waals surface area contributed by atoms with Gasteiger partial charge in [-0.1, -0.05) is 0 Å². The zero-order chi connectivity index (χ0) is 14.9. The number of anilines is 2. The summed E-state index contributed by atoms with van der Waals surface area (Å²) in [6.07, 6.45) is 5.66. The molecule has 2 aromatic heterocycles. The average Bonchev–Trinajstić information content (AvgIpc) is 3.09. The SMILES string of the molecule is O=C1N[C@@H](c2ccc(N3CCCC3)nc2)Nc2ncccc21. The van der Waals surface area contributed by atoms with Crippen LogP contribution in [-0.4, -0.2) is 29.0 Å². The Kier molecular flexibility index (Phi) is 3.14. The van der Waals surface area contributed by atoms with E-state index in [0.717, 1.165) is 24.5 Å². The molecule has 0 spiro atoms. The van der Waals surface area contributed by atoms with Gasteiger partial charge in [0.2, 0.25) is 0 Å². The fraction of sp³-hybridized carbons (Fsp3) is 0.312. The summed E-state index contributed by atoms with van der Waals surface area (Å²) >= 11 is 0. The van der Waals surface area contributed by atoms with Gasteiger partial charge in [-0.15, -0.1) is 0 Å². The van der Waals surface area contributed by atoms with Crippen molar-refractivity contribution in [2.24, 2.45) is 0 Å². The highest BCUT2D eigenvalue weighted by atomic mass is 16.2. The minimum absolute atomic E-state index is 0.115. The molecule has 2 aliphatic heterocycles. The van der Waals surface area contributed by atoms with Gasteiger partial charge in [0.15, 0.2) is 0 Å². The molecular weight excluding hydrogens is 278 g/mol. The summed E-state index contributed by atoms with van der Waals surface area (Å²) in [4.78, 5) is 23.2. The van der Waals surface area contributed by atoms with Gasteiger partial charge < -0.3 is 15.5 Å². The summed E-state index contributed by atoms with van der Waals surface area (Å²) in [5.74, 6) is 1.50. The van der Waals surface area contributed by atoms with Crippen LogP contribution in [0.2, 0.25) is 0 Å². The Bertz CT molecular complexity index is 694. The van der Waals surface area contributed by atoms with Crippen molar-refractivity contribution in [3.05, 3.63) is 47.8 Å². The number of nitrogens with zero attached hydrogens (tertiary/aromatic N) is 3. The first kappa shape index (κ1) is 13.1. The highest BCUT2D eigenvalue weighted by molar-refractivity contribution is 6.00. The van der Waals surface area contributed by atoms with Crippen molar-refractivity contribution in [2.45, 2.75) is 19.0 Å². The smallest absolute Gasteiger partial charge is 0.256 e. The molecule has 1 atom stereocenters. The molecule has 1 fully saturated rings. The zero-order valence-corrected chi connectivity index (χ0v) is 12.1. The minimum Gasteiger partial charge on any atom is -0.357 e. The van der Waals surface area contributed by atoms with Gasteiger partial charge in [0.25, 0.3) is 5.91 Å². The first-order valence-corrected chi connectivity index (χ1v) is 7.54. The zero-order valence-electron chi connectivity index (χ0n) is 12.1. The highest BCUT2D eigenvalue weighted by Gasteiger charge is 2.25. The van der Waals surface area contributed by atoms with Gasteiger partial charge in [-0.3, -0.25) is 4.79 Å². The molecule has 0 unspecified atom stereocenters. The van der Waals surface area contributed by atoms with Gasteiger partial charge in [0, 0.05) is 31.0 Å². The number of rotatable bonds is 2. The molecule has 1 saturated heterocycles. The second kappa shape index (κ2) is 5.29. The van der Waals surface area contributed by atoms with Gasteiger partial charge in [0.1, 0.15) is 17.8 Å². The van der Waals surface area contributed by atoms with E-state index in [0.29, 0.717) is 11.4 Å². The summed E-state index contributed by atoms with van der Waals surface area (Å²) in [5, 5.41) is 6.17. The molecule has 0 bridgehead atoms. The number of carbonyl (C=O) groups excluding carboxylic acids is 1. The van der Waals surface area contributed by atoms with Crippen LogP contribution < -0.4 is 15.5 Å². The Labute approximate surface area is 128 Å². The highest BCUT2D eigenvalue weighted by Crippen LogP contribution is 2.25. The Hall–Kier alpha value is -2.63. The molecule has 6 nitrogen and oxygen atoms in total. The molecule has 0 aromatic carbocycles. The lowest BCUT2D eigenvalue weighted by molar-refractivity contribution is 0.0935. The summed E-state index contributed by atoms with van der Waals surface area (Å²) in [6.45, 7) is 2.14. The molecule has 0 radical (unpaired) electrons. The van der Waals surface area contributed by atoms with Gasteiger partial charge in [-0.05, 0) is 37.1 Å². The molecule has 0 saturated carbocycles. The fourth-order valence-corrected chi connectivity index (χ4v) is 2.95. The summed E-state index contributed by atoms with van der Waals surface area (Å²) in [5.41, 5.74) is 1.49. The number of hydrogen-bond acceptors (Lipinski definition) is 5. The number of carbonyl (C=O) groups is 1. The van der Waals surface area contributed by atoms with Crippen LogP contribution in [0.3, 0.4) is 0 Å². The maximum atomic E-state index is 12.1. The van der Waals surface area contributed by atoms with Crippen LogP contribution in [0.15, 0.2) is 36.7 Å². The summed E-state index contributed by atoms with van der Waals surface area (Å²) in [7, 11) is 0. The molecule has 1 amide bonds. The fourth-order valence-electron chi connectivity index (χ4n) is 2.95. The second-order valence-corrected chi connectivity index (χ2v) is 5.59. The number of nitrogens with one attached hydrogen (secondary N) is 2. The van der Waals surface area contributed by atoms with Gasteiger partial charge >= 0.3 is 0 Å².